The summed E-state index contributed by atoms with van der Waals surface area (Å²) in [5.41, 5.74) is -0.596. The summed E-state index contributed by atoms with van der Waals surface area (Å²) < 4.78 is 13.7. The van der Waals surface area contributed by atoms with Crippen LogP contribution >= 0.6 is 8.00 Å². The fourth-order valence-electron chi connectivity index (χ4n) is 0.658. The van der Waals surface area contributed by atoms with Crippen molar-refractivity contribution in [2.24, 2.45) is 0 Å². The van der Waals surface area contributed by atoms with Gasteiger partial charge in [0.2, 0.25) is 0 Å². The topological polar surface area (TPSA) is 84.9 Å². The first kappa shape index (κ1) is 14.0. The number of esters is 2. The van der Waals surface area contributed by atoms with E-state index in [2.05, 4.69) is 14.0 Å². The summed E-state index contributed by atoms with van der Waals surface area (Å²) in [5, 5.41) is 0. The quantitative estimate of drug-likeness (QED) is 0.491. The number of hydrogen-bond acceptors (Lipinski definition) is 6. The molecule has 86 valence electrons. The molecule has 0 aliphatic heterocycles. The zero-order chi connectivity index (χ0) is 11.8. The number of rotatable bonds is 5. The van der Waals surface area contributed by atoms with Crippen molar-refractivity contribution >= 4 is 25.4 Å². The summed E-state index contributed by atoms with van der Waals surface area (Å²) in [6.45, 7) is 4.51. The van der Waals surface area contributed by atoms with E-state index in [0.717, 1.165) is 6.92 Å². The average Bonchev–Trinajstić information content (AvgIpc) is 2.14. The number of carbonyl (C=O) groups is 2. The van der Waals surface area contributed by atoms with Crippen molar-refractivity contribution in [2.75, 3.05) is 13.2 Å². The van der Waals surface area contributed by atoms with Crippen molar-refractivity contribution in [1.29, 1.82) is 0 Å². The molecule has 15 heavy (non-hydrogen) atoms. The van der Waals surface area contributed by atoms with Gasteiger partial charge < -0.3 is 14.4 Å². The van der Waals surface area contributed by atoms with Crippen molar-refractivity contribution in [2.45, 2.75) is 20.8 Å². The zero-order valence-corrected chi connectivity index (χ0v) is 9.71. The molecule has 0 N–H and O–H groups in total. The standard InChI is InChI=1S/C8H13O6P/c1-4-12-7(10)8(14-6(3)9)15(11)13-5-2/h4-5H2,1-3H3. The van der Waals surface area contributed by atoms with Gasteiger partial charge in [0.15, 0.2) is 0 Å². The fourth-order valence-corrected chi connectivity index (χ4v) is 1.43. The third kappa shape index (κ3) is 5.47. The summed E-state index contributed by atoms with van der Waals surface area (Å²) in [4.78, 5) is 33.1. The Hall–Kier alpha value is -0.970. The Bertz CT molecular complexity index is 272. The van der Waals surface area contributed by atoms with Crippen LogP contribution in [0.15, 0.2) is 0 Å². The second-order valence-electron chi connectivity index (χ2n) is 2.29. The van der Waals surface area contributed by atoms with Gasteiger partial charge in [-0.05, 0) is 13.8 Å². The molecule has 0 aliphatic carbocycles. The van der Waals surface area contributed by atoms with Crippen molar-refractivity contribution in [3.05, 3.63) is 0 Å². The summed E-state index contributed by atoms with van der Waals surface area (Å²) >= 11 is 0. The molecule has 0 saturated carbocycles. The predicted octanol–water partition coefficient (Wildman–Crippen LogP) is -0.0488. The maximum atomic E-state index is 11.3. The van der Waals surface area contributed by atoms with E-state index in [-0.39, 0.29) is 13.2 Å². The van der Waals surface area contributed by atoms with Crippen molar-refractivity contribution in [3.63, 3.8) is 0 Å². The van der Waals surface area contributed by atoms with E-state index in [9.17, 15) is 14.5 Å². The summed E-state index contributed by atoms with van der Waals surface area (Å²) in [6.07, 6.45) is 0. The lowest BCUT2D eigenvalue weighted by molar-refractivity contribution is -0.173. The number of carbonyl (C=O) groups excluding carboxylic acids is 2. The molecule has 0 aromatic rings. The van der Waals surface area contributed by atoms with Crippen LogP contribution in [-0.4, -0.2) is 30.6 Å². The van der Waals surface area contributed by atoms with Crippen LogP contribution in [0.4, 0.5) is 0 Å². The van der Waals surface area contributed by atoms with E-state index in [1.807, 2.05) is 0 Å². The van der Waals surface area contributed by atoms with E-state index in [4.69, 9.17) is 0 Å². The highest BCUT2D eigenvalue weighted by Gasteiger charge is 2.27. The van der Waals surface area contributed by atoms with Crippen LogP contribution in [0.1, 0.15) is 20.8 Å². The van der Waals surface area contributed by atoms with Gasteiger partial charge in [-0.2, -0.15) is 4.52 Å². The third-order valence-corrected chi connectivity index (χ3v) is 2.20. The number of hydrogen-bond donors (Lipinski definition) is 0. The maximum Gasteiger partial charge on any atom is 0.423 e. The molecule has 1 unspecified atom stereocenters. The highest BCUT2D eigenvalue weighted by molar-refractivity contribution is 7.48. The molecule has 0 spiro atoms. The van der Waals surface area contributed by atoms with Gasteiger partial charge in [-0.25, -0.2) is 4.79 Å². The van der Waals surface area contributed by atoms with Crippen LogP contribution in [0.5, 0.6) is 0 Å². The van der Waals surface area contributed by atoms with Crippen molar-refractivity contribution < 1.29 is 28.5 Å². The minimum absolute atomic E-state index is 0.0961. The SMILES string of the molecule is CCOC(=O)C(OC(C)=O)=[P+]([O-])OCC. The fraction of sp³-hybridized carbons (Fsp3) is 0.625. The Kier molecular flexibility index (Phi) is 6.86. The van der Waals surface area contributed by atoms with E-state index in [1.165, 1.54) is 0 Å². The van der Waals surface area contributed by atoms with E-state index < -0.39 is 25.4 Å². The predicted molar refractivity (Wildman–Crippen MR) is 52.0 cm³/mol. The van der Waals surface area contributed by atoms with E-state index in [1.54, 1.807) is 13.8 Å². The Balaban J connectivity index is 4.78. The third-order valence-electron chi connectivity index (χ3n) is 1.10. The van der Waals surface area contributed by atoms with Crippen molar-refractivity contribution in [3.8, 4) is 0 Å². The first-order chi connectivity index (χ1) is 7.02. The first-order valence-corrected chi connectivity index (χ1v) is 5.53. The van der Waals surface area contributed by atoms with Gasteiger partial charge in [0.25, 0.3) is 8.00 Å². The van der Waals surface area contributed by atoms with Gasteiger partial charge in [0.05, 0.1) is 13.2 Å². The Morgan fingerprint density at radius 3 is 2.27 bits per heavy atom. The second kappa shape index (κ2) is 7.34. The molecule has 0 aromatic heterocycles. The molecule has 0 saturated heterocycles. The first-order valence-electron chi connectivity index (χ1n) is 4.35. The molecular weight excluding hydrogens is 223 g/mol. The minimum atomic E-state index is -2.48. The Morgan fingerprint density at radius 1 is 1.27 bits per heavy atom. The Labute approximate surface area is 88.7 Å². The molecule has 0 heterocycles. The normalized spacial score (nSPS) is 11.7. The molecule has 0 rings (SSSR count). The summed E-state index contributed by atoms with van der Waals surface area (Å²) in [6, 6.07) is 0. The summed E-state index contributed by atoms with van der Waals surface area (Å²) in [7, 11) is -2.48. The molecule has 0 aromatic carbocycles. The smallest absolute Gasteiger partial charge is 0.423 e. The van der Waals surface area contributed by atoms with Crippen LogP contribution in [0, 0.1) is 0 Å². The lowest BCUT2D eigenvalue weighted by Crippen LogP contribution is -2.24. The molecule has 0 aliphatic rings. The highest BCUT2D eigenvalue weighted by Crippen LogP contribution is 2.17. The highest BCUT2D eigenvalue weighted by atomic mass is 31.1. The number of ether oxygens (including phenoxy) is 2. The molecular formula is C8H13O6P. The minimum Gasteiger partial charge on any atom is -0.600 e. The van der Waals surface area contributed by atoms with Crippen LogP contribution in [-0.2, 0) is 23.6 Å². The summed E-state index contributed by atoms with van der Waals surface area (Å²) in [5.74, 6) is -1.69. The lowest BCUT2D eigenvalue weighted by Gasteiger charge is -2.04. The largest absolute Gasteiger partial charge is 0.600 e. The second-order valence-corrected chi connectivity index (χ2v) is 3.47. The average molecular weight is 236 g/mol. The van der Waals surface area contributed by atoms with E-state index in [0.29, 0.717) is 0 Å². The van der Waals surface area contributed by atoms with Gasteiger partial charge >= 0.3 is 17.4 Å². The molecule has 0 radical (unpaired) electrons. The van der Waals surface area contributed by atoms with Gasteiger partial charge in [0.1, 0.15) is 0 Å². The van der Waals surface area contributed by atoms with Gasteiger partial charge in [-0.3, -0.25) is 4.79 Å². The van der Waals surface area contributed by atoms with Crippen LogP contribution in [0.2, 0.25) is 0 Å². The molecule has 1 atom stereocenters. The van der Waals surface area contributed by atoms with Crippen LogP contribution in [0.25, 0.3) is 0 Å². The lowest BCUT2D eigenvalue weighted by atomic mass is 10.7. The zero-order valence-electron chi connectivity index (χ0n) is 8.81. The monoisotopic (exact) mass is 236 g/mol. The van der Waals surface area contributed by atoms with Gasteiger partial charge in [0, 0.05) is 6.92 Å². The molecule has 0 bridgehead atoms. The van der Waals surface area contributed by atoms with Gasteiger partial charge in [-0.1, -0.05) is 0 Å². The molecule has 0 amide bonds. The molecule has 6 nitrogen and oxygen atoms in total. The van der Waals surface area contributed by atoms with E-state index >= 15 is 0 Å². The molecule has 0 fully saturated rings. The van der Waals surface area contributed by atoms with Crippen LogP contribution < -0.4 is 4.89 Å². The van der Waals surface area contributed by atoms with Crippen molar-refractivity contribution in [1.82, 2.24) is 0 Å². The van der Waals surface area contributed by atoms with Crippen LogP contribution in [0.3, 0.4) is 0 Å². The van der Waals surface area contributed by atoms with Gasteiger partial charge in [-0.15, -0.1) is 0 Å². The maximum absolute atomic E-state index is 11.3. The molecule has 7 heteroatoms. The Morgan fingerprint density at radius 2 is 1.87 bits per heavy atom.